The lowest BCUT2D eigenvalue weighted by Gasteiger charge is -2.12. The van der Waals surface area contributed by atoms with Gasteiger partial charge in [-0.2, -0.15) is 0 Å². The van der Waals surface area contributed by atoms with Gasteiger partial charge in [0.2, 0.25) is 6.10 Å². The molecule has 0 heterocycles. The quantitative estimate of drug-likeness (QED) is 0.361. The van der Waals surface area contributed by atoms with E-state index >= 15 is 0 Å². The van der Waals surface area contributed by atoms with Gasteiger partial charge in [-0.25, -0.2) is 0 Å². The molecule has 0 bridgehead atoms. The van der Waals surface area contributed by atoms with E-state index in [2.05, 4.69) is 17.5 Å². The summed E-state index contributed by atoms with van der Waals surface area (Å²) in [6.07, 6.45) is 4.22. The highest BCUT2D eigenvalue weighted by atomic mass is 32.2. The van der Waals surface area contributed by atoms with Gasteiger partial charge in [0.15, 0.2) is 13.2 Å². The molecule has 2 rings (SSSR count). The molecular weight excluding hydrogens is 350 g/mol. The van der Waals surface area contributed by atoms with Gasteiger partial charge in [0.25, 0.3) is 0 Å². The molecule has 0 aromatic heterocycles. The summed E-state index contributed by atoms with van der Waals surface area (Å²) in [4.78, 5) is 4.08. The van der Waals surface area contributed by atoms with E-state index in [0.717, 1.165) is 11.5 Å². The fourth-order valence-corrected chi connectivity index (χ4v) is 2.65. The van der Waals surface area contributed by atoms with E-state index in [1.54, 1.807) is 24.3 Å². The molecule has 0 fully saturated rings. The summed E-state index contributed by atoms with van der Waals surface area (Å²) >= 11 is 0. The molecule has 26 heavy (non-hydrogen) atoms. The predicted octanol–water partition coefficient (Wildman–Crippen LogP) is 1.90. The van der Waals surface area contributed by atoms with Gasteiger partial charge >= 0.3 is 0 Å². The van der Waals surface area contributed by atoms with Crippen molar-refractivity contribution in [3.05, 3.63) is 54.6 Å². The van der Waals surface area contributed by atoms with E-state index < -0.39 is 6.10 Å². The third-order valence-electron chi connectivity index (χ3n) is 3.46. The normalized spacial score (nSPS) is 12.8. The topological polar surface area (TPSA) is 76.8 Å². The summed E-state index contributed by atoms with van der Waals surface area (Å²) in [5.41, 5.74) is 0.629. The summed E-state index contributed by atoms with van der Waals surface area (Å²) in [6.45, 7) is 0.500. The maximum atomic E-state index is 11.8. The van der Waals surface area contributed by atoms with Crippen molar-refractivity contribution in [2.45, 2.75) is 12.5 Å². The Bertz CT molecular complexity index is 674. The van der Waals surface area contributed by atoms with Crippen LogP contribution in [0.5, 0.6) is 11.5 Å². The standard InChI is InChI=1S/C20H25NO4S/c1-26(2)13-12-20(23)21-16-8-10-19(11-9-16)25-15-17(22)14-24-18-6-4-3-5-7-18/h3-11,17,22H,12-15H2,1-2H3/p+1/t17-/m0/s1. The molecule has 0 unspecified atom stereocenters. The minimum Gasteiger partial charge on any atom is -0.862 e. The van der Waals surface area contributed by atoms with E-state index in [0.29, 0.717) is 17.9 Å². The maximum absolute atomic E-state index is 11.8. The maximum Gasteiger partial charge on any atom is 0.222 e. The first-order chi connectivity index (χ1) is 12.5. The Hall–Kier alpha value is -2.18. The van der Waals surface area contributed by atoms with E-state index in [1.165, 1.54) is 0 Å². The van der Waals surface area contributed by atoms with Crippen LogP contribution in [0.25, 0.3) is 0 Å². The summed E-state index contributed by atoms with van der Waals surface area (Å²) < 4.78 is 11.1. The molecule has 2 N–H and O–H groups in total. The minimum atomic E-state index is -0.488. The Kier molecular flexibility index (Phi) is 8.31. The van der Waals surface area contributed by atoms with E-state index in [4.69, 9.17) is 14.6 Å². The lowest BCUT2D eigenvalue weighted by Crippen LogP contribution is -2.25. The van der Waals surface area contributed by atoms with Gasteiger partial charge in [0.1, 0.15) is 17.3 Å². The van der Waals surface area contributed by atoms with Crippen LogP contribution in [-0.4, -0.2) is 48.6 Å². The molecule has 0 amide bonds. The van der Waals surface area contributed by atoms with Crippen LogP contribution >= 0.6 is 0 Å². The number of hydrogen-bond donors (Lipinski definition) is 0. The Balaban J connectivity index is 1.75. The first kappa shape index (κ1) is 20.1. The van der Waals surface area contributed by atoms with Crippen LogP contribution in [0.4, 0.5) is 5.69 Å². The van der Waals surface area contributed by atoms with Crippen molar-refractivity contribution in [3.8, 4) is 11.5 Å². The minimum absolute atomic E-state index is 0.0934. The lowest BCUT2D eigenvalue weighted by atomic mass is 10.3. The van der Waals surface area contributed by atoms with E-state index in [-0.39, 0.29) is 30.0 Å². The van der Waals surface area contributed by atoms with Crippen molar-refractivity contribution >= 4 is 22.5 Å². The van der Waals surface area contributed by atoms with Crippen molar-refractivity contribution < 1.29 is 19.7 Å². The molecule has 0 radical (unpaired) electrons. The first-order valence-electron chi connectivity index (χ1n) is 8.43. The van der Waals surface area contributed by atoms with Crippen LogP contribution in [0.15, 0.2) is 59.6 Å². The van der Waals surface area contributed by atoms with Crippen LogP contribution in [0, 0.1) is 0 Å². The number of hydrogen-bond acceptors (Lipinski definition) is 4. The number of ether oxygens (including phenoxy) is 2. The molecule has 0 aliphatic heterocycles. The average molecular weight is 376 g/mol. The number of rotatable bonds is 10. The predicted molar refractivity (Wildman–Crippen MR) is 107 cm³/mol. The zero-order valence-corrected chi connectivity index (χ0v) is 16.0. The lowest BCUT2D eigenvalue weighted by molar-refractivity contribution is -0.217. The Morgan fingerprint density at radius 1 is 1.00 bits per heavy atom. The van der Waals surface area contributed by atoms with Crippen molar-refractivity contribution in [1.82, 2.24) is 0 Å². The van der Waals surface area contributed by atoms with Crippen molar-refractivity contribution in [3.63, 3.8) is 0 Å². The molecular formula is C20H26NO4S+. The molecule has 5 nitrogen and oxygen atoms in total. The Morgan fingerprint density at radius 2 is 1.58 bits per heavy atom. The second-order valence-corrected chi connectivity index (χ2v) is 8.45. The van der Waals surface area contributed by atoms with Gasteiger partial charge in [-0.05, 0) is 53.2 Å². The number of para-hydroxylation sites is 1. The smallest absolute Gasteiger partial charge is 0.222 e. The van der Waals surface area contributed by atoms with Gasteiger partial charge in [-0.15, -0.1) is 0 Å². The molecule has 0 aliphatic carbocycles. The highest BCUT2D eigenvalue weighted by molar-refractivity contribution is 7.95. The number of aliphatic imine (C=N–C) groups is 1. The van der Waals surface area contributed by atoms with Crippen LogP contribution in [0.1, 0.15) is 6.42 Å². The molecule has 140 valence electrons. The fourth-order valence-electron chi connectivity index (χ4n) is 2.07. The van der Waals surface area contributed by atoms with Crippen LogP contribution in [-0.2, 0) is 10.9 Å². The zero-order chi connectivity index (χ0) is 18.8. The average Bonchev–Trinajstić information content (AvgIpc) is 2.65. The number of nitrogens with zero attached hydrogens (tertiary/aromatic N) is 1. The van der Waals surface area contributed by atoms with E-state index in [9.17, 15) is 5.11 Å². The number of benzene rings is 2. The van der Waals surface area contributed by atoms with Gasteiger partial charge in [0, 0.05) is 6.42 Å². The van der Waals surface area contributed by atoms with Crippen molar-refractivity contribution in [2.75, 3.05) is 31.5 Å². The zero-order valence-electron chi connectivity index (χ0n) is 15.2. The van der Waals surface area contributed by atoms with Crippen molar-refractivity contribution in [1.29, 1.82) is 0 Å². The van der Waals surface area contributed by atoms with E-state index in [1.807, 2.05) is 30.3 Å². The summed E-state index contributed by atoms with van der Waals surface area (Å²) in [7, 11) is 0.252. The summed E-state index contributed by atoms with van der Waals surface area (Å²) in [5.74, 6) is 2.18. The first-order valence-corrected chi connectivity index (χ1v) is 10.6. The van der Waals surface area contributed by atoms with Crippen LogP contribution < -0.4 is 14.6 Å². The monoisotopic (exact) mass is 376 g/mol. The summed E-state index contributed by atoms with van der Waals surface area (Å²) in [5, 5.41) is 19.7. The second-order valence-electron chi connectivity index (χ2n) is 6.07. The van der Waals surface area contributed by atoms with Crippen LogP contribution in [0.3, 0.4) is 0 Å². The van der Waals surface area contributed by atoms with Gasteiger partial charge < -0.3 is 19.7 Å². The van der Waals surface area contributed by atoms with Gasteiger partial charge in [0.05, 0.1) is 18.2 Å². The highest BCUT2D eigenvalue weighted by Gasteiger charge is 2.11. The molecule has 1 atom stereocenters. The molecule has 0 spiro atoms. The molecule has 6 heteroatoms. The van der Waals surface area contributed by atoms with Gasteiger partial charge in [-0.1, -0.05) is 18.2 Å². The second kappa shape index (κ2) is 10.7. The fraction of sp³-hybridized carbons (Fsp3) is 0.350. The van der Waals surface area contributed by atoms with Gasteiger partial charge in [-0.3, -0.25) is 4.99 Å². The molecule has 0 saturated heterocycles. The summed E-state index contributed by atoms with van der Waals surface area (Å²) in [6, 6.07) is 16.5. The molecule has 2 aromatic carbocycles. The largest absolute Gasteiger partial charge is 0.862 e. The third kappa shape index (κ3) is 7.80. The molecule has 0 aliphatic rings. The van der Waals surface area contributed by atoms with Crippen LogP contribution in [0.2, 0.25) is 0 Å². The highest BCUT2D eigenvalue weighted by Crippen LogP contribution is 2.18. The Morgan fingerprint density at radius 3 is 2.15 bits per heavy atom. The molecule has 2 aromatic rings. The SMILES string of the molecule is C[S+](C)CCC([O-])=Nc1ccc(OC[C@@H]([OH2+])COc2ccccc2)cc1. The molecule has 0 saturated carbocycles. The van der Waals surface area contributed by atoms with Crippen molar-refractivity contribution in [2.24, 2.45) is 4.99 Å². The Labute approximate surface area is 157 Å². The third-order valence-corrected chi connectivity index (χ3v) is 4.48.